The molecule has 2 aromatic rings. The van der Waals surface area contributed by atoms with Crippen LogP contribution in [0.3, 0.4) is 0 Å². The molecule has 0 N–H and O–H groups in total. The van der Waals surface area contributed by atoms with E-state index in [0.717, 1.165) is 5.56 Å². The number of para-hydroxylation sites is 1. The summed E-state index contributed by atoms with van der Waals surface area (Å²) in [5.41, 5.74) is 1.51. The first-order valence-electron chi connectivity index (χ1n) is 6.63. The second-order valence-corrected chi connectivity index (χ2v) is 4.72. The molecule has 0 atom stereocenters. The van der Waals surface area contributed by atoms with Crippen molar-refractivity contribution in [3.8, 4) is 5.75 Å². The molecule has 0 aromatic heterocycles. The second-order valence-electron chi connectivity index (χ2n) is 4.72. The summed E-state index contributed by atoms with van der Waals surface area (Å²) in [5, 5.41) is 0. The Labute approximate surface area is 119 Å². The summed E-state index contributed by atoms with van der Waals surface area (Å²) >= 11 is 0. The van der Waals surface area contributed by atoms with Gasteiger partial charge in [0.1, 0.15) is 17.9 Å². The lowest BCUT2D eigenvalue weighted by molar-refractivity contribution is 0.0373. The molecule has 0 aliphatic carbocycles. The van der Waals surface area contributed by atoms with Gasteiger partial charge < -0.3 is 9.47 Å². The van der Waals surface area contributed by atoms with E-state index >= 15 is 0 Å². The van der Waals surface area contributed by atoms with Gasteiger partial charge in [-0.1, -0.05) is 42.5 Å². The standard InChI is InChI=1S/C17H18O3/c1-13(2)20-17(18)15-10-6-7-11-16(15)19-12-14-8-4-3-5-9-14/h3-11,13H,12H2,1-2H3. The van der Waals surface area contributed by atoms with E-state index in [2.05, 4.69) is 0 Å². The molecule has 0 aliphatic rings. The Morgan fingerprint density at radius 1 is 1.00 bits per heavy atom. The molecular weight excluding hydrogens is 252 g/mol. The predicted octanol–water partition coefficient (Wildman–Crippen LogP) is 3.83. The molecule has 0 heterocycles. The Morgan fingerprint density at radius 2 is 1.65 bits per heavy atom. The number of carbonyl (C=O) groups is 1. The highest BCUT2D eigenvalue weighted by atomic mass is 16.5. The van der Waals surface area contributed by atoms with Crippen LogP contribution in [0.25, 0.3) is 0 Å². The molecule has 104 valence electrons. The lowest BCUT2D eigenvalue weighted by Crippen LogP contribution is -2.13. The summed E-state index contributed by atoms with van der Waals surface area (Å²) in [6.07, 6.45) is -0.148. The van der Waals surface area contributed by atoms with Crippen LogP contribution in [0.1, 0.15) is 29.8 Å². The van der Waals surface area contributed by atoms with Crippen LogP contribution in [0.15, 0.2) is 54.6 Å². The van der Waals surface area contributed by atoms with Crippen molar-refractivity contribution in [3.63, 3.8) is 0 Å². The largest absolute Gasteiger partial charge is 0.488 e. The van der Waals surface area contributed by atoms with Gasteiger partial charge in [0.25, 0.3) is 0 Å². The van der Waals surface area contributed by atoms with Gasteiger partial charge in [-0.15, -0.1) is 0 Å². The molecule has 0 fully saturated rings. The van der Waals surface area contributed by atoms with Crippen LogP contribution in [0.2, 0.25) is 0 Å². The van der Waals surface area contributed by atoms with E-state index in [-0.39, 0.29) is 12.1 Å². The van der Waals surface area contributed by atoms with E-state index in [0.29, 0.717) is 17.9 Å². The van der Waals surface area contributed by atoms with Gasteiger partial charge in [-0.2, -0.15) is 0 Å². The fourth-order valence-electron chi connectivity index (χ4n) is 1.77. The van der Waals surface area contributed by atoms with Crippen LogP contribution in [0, 0.1) is 0 Å². The molecule has 0 bridgehead atoms. The highest BCUT2D eigenvalue weighted by Crippen LogP contribution is 2.20. The van der Waals surface area contributed by atoms with Gasteiger partial charge in [-0.05, 0) is 31.5 Å². The van der Waals surface area contributed by atoms with Crippen molar-refractivity contribution in [2.24, 2.45) is 0 Å². The minimum absolute atomic E-state index is 0.148. The molecule has 0 unspecified atom stereocenters. The molecule has 2 aromatic carbocycles. The summed E-state index contributed by atoms with van der Waals surface area (Å²) < 4.78 is 10.9. The fraction of sp³-hybridized carbons (Fsp3) is 0.235. The maximum absolute atomic E-state index is 12.0. The van der Waals surface area contributed by atoms with E-state index in [4.69, 9.17) is 9.47 Å². The van der Waals surface area contributed by atoms with Crippen LogP contribution in [-0.2, 0) is 11.3 Å². The van der Waals surface area contributed by atoms with Crippen LogP contribution in [0.4, 0.5) is 0 Å². The third-order valence-electron chi connectivity index (χ3n) is 2.69. The number of carbonyl (C=O) groups excluding carboxylic acids is 1. The van der Waals surface area contributed by atoms with Gasteiger partial charge in [0, 0.05) is 0 Å². The van der Waals surface area contributed by atoms with Gasteiger partial charge in [0.2, 0.25) is 0 Å². The zero-order chi connectivity index (χ0) is 14.4. The van der Waals surface area contributed by atoms with Crippen molar-refractivity contribution in [1.29, 1.82) is 0 Å². The van der Waals surface area contributed by atoms with Crippen LogP contribution in [-0.4, -0.2) is 12.1 Å². The average Bonchev–Trinajstić information content (AvgIpc) is 2.46. The normalized spacial score (nSPS) is 10.3. The third-order valence-corrected chi connectivity index (χ3v) is 2.69. The Balaban J connectivity index is 2.10. The molecule has 3 heteroatoms. The van der Waals surface area contributed by atoms with E-state index < -0.39 is 0 Å². The molecule has 0 saturated carbocycles. The van der Waals surface area contributed by atoms with Gasteiger partial charge >= 0.3 is 5.97 Å². The van der Waals surface area contributed by atoms with Crippen LogP contribution >= 0.6 is 0 Å². The lowest BCUT2D eigenvalue weighted by atomic mass is 10.2. The van der Waals surface area contributed by atoms with Crippen molar-refractivity contribution in [3.05, 3.63) is 65.7 Å². The lowest BCUT2D eigenvalue weighted by Gasteiger charge is -2.12. The zero-order valence-electron chi connectivity index (χ0n) is 11.7. The molecule has 0 radical (unpaired) electrons. The third kappa shape index (κ3) is 3.85. The summed E-state index contributed by atoms with van der Waals surface area (Å²) in [6, 6.07) is 17.0. The van der Waals surface area contributed by atoms with Gasteiger partial charge in [0.05, 0.1) is 6.10 Å². The molecule has 0 spiro atoms. The minimum Gasteiger partial charge on any atom is -0.488 e. The number of hydrogen-bond acceptors (Lipinski definition) is 3. The number of benzene rings is 2. The maximum Gasteiger partial charge on any atom is 0.342 e. The molecule has 20 heavy (non-hydrogen) atoms. The highest BCUT2D eigenvalue weighted by Gasteiger charge is 2.14. The van der Waals surface area contributed by atoms with E-state index in [9.17, 15) is 4.79 Å². The fourth-order valence-corrected chi connectivity index (χ4v) is 1.77. The summed E-state index contributed by atoms with van der Waals surface area (Å²) in [4.78, 5) is 12.0. The van der Waals surface area contributed by atoms with Crippen LogP contribution < -0.4 is 4.74 Å². The number of ether oxygens (including phenoxy) is 2. The first-order chi connectivity index (χ1) is 9.66. The van der Waals surface area contributed by atoms with Gasteiger partial charge in [-0.25, -0.2) is 4.79 Å². The van der Waals surface area contributed by atoms with Gasteiger partial charge in [-0.3, -0.25) is 0 Å². The Morgan fingerprint density at radius 3 is 2.35 bits per heavy atom. The minimum atomic E-state index is -0.358. The number of rotatable bonds is 5. The van der Waals surface area contributed by atoms with Crippen LogP contribution in [0.5, 0.6) is 5.75 Å². The summed E-state index contributed by atoms with van der Waals surface area (Å²) in [7, 11) is 0. The number of esters is 1. The van der Waals surface area contributed by atoms with Crippen molar-refractivity contribution >= 4 is 5.97 Å². The zero-order valence-corrected chi connectivity index (χ0v) is 11.7. The molecule has 0 amide bonds. The smallest absolute Gasteiger partial charge is 0.342 e. The Kier molecular flexibility index (Phi) is 4.77. The summed E-state index contributed by atoms with van der Waals surface area (Å²) in [5.74, 6) is 0.186. The molecule has 2 rings (SSSR count). The molecular formula is C17H18O3. The van der Waals surface area contributed by atoms with Gasteiger partial charge in [0.15, 0.2) is 0 Å². The molecule has 0 aliphatic heterocycles. The average molecular weight is 270 g/mol. The Bertz CT molecular complexity index is 561. The first-order valence-corrected chi connectivity index (χ1v) is 6.63. The first kappa shape index (κ1) is 14.1. The van der Waals surface area contributed by atoms with Crippen molar-refractivity contribution in [2.45, 2.75) is 26.6 Å². The summed E-state index contributed by atoms with van der Waals surface area (Å²) in [6.45, 7) is 4.07. The van der Waals surface area contributed by atoms with E-state index in [1.54, 1.807) is 18.2 Å². The van der Waals surface area contributed by atoms with Crippen molar-refractivity contribution in [2.75, 3.05) is 0 Å². The highest BCUT2D eigenvalue weighted by molar-refractivity contribution is 5.92. The predicted molar refractivity (Wildman–Crippen MR) is 77.8 cm³/mol. The van der Waals surface area contributed by atoms with Crippen molar-refractivity contribution < 1.29 is 14.3 Å². The van der Waals surface area contributed by atoms with Crippen molar-refractivity contribution in [1.82, 2.24) is 0 Å². The number of hydrogen-bond donors (Lipinski definition) is 0. The van der Waals surface area contributed by atoms with E-state index in [1.165, 1.54) is 0 Å². The molecule has 0 saturated heterocycles. The maximum atomic E-state index is 12.0. The second kappa shape index (κ2) is 6.75. The SMILES string of the molecule is CC(C)OC(=O)c1ccccc1OCc1ccccc1. The Hall–Kier alpha value is -2.29. The topological polar surface area (TPSA) is 35.5 Å². The quantitative estimate of drug-likeness (QED) is 0.774. The monoisotopic (exact) mass is 270 g/mol. The molecule has 3 nitrogen and oxygen atoms in total. The van der Waals surface area contributed by atoms with E-state index in [1.807, 2.05) is 50.2 Å².